The summed E-state index contributed by atoms with van der Waals surface area (Å²) in [7, 11) is 0. The summed E-state index contributed by atoms with van der Waals surface area (Å²) in [5, 5.41) is 3.29. The number of benzene rings is 1. The second-order valence-corrected chi connectivity index (χ2v) is 3.53. The van der Waals surface area contributed by atoms with E-state index in [1.165, 1.54) is 5.56 Å². The summed E-state index contributed by atoms with van der Waals surface area (Å²) < 4.78 is 5.50. The van der Waals surface area contributed by atoms with E-state index in [9.17, 15) is 0 Å². The van der Waals surface area contributed by atoms with Crippen molar-refractivity contribution in [2.45, 2.75) is 13.8 Å². The number of hydrogen-bond acceptors (Lipinski definition) is 3. The van der Waals surface area contributed by atoms with Gasteiger partial charge >= 0.3 is 0 Å². The topological polar surface area (TPSA) is 21.3 Å². The zero-order chi connectivity index (χ0) is 10.4. The van der Waals surface area contributed by atoms with Crippen molar-refractivity contribution < 1.29 is 4.74 Å². The first-order chi connectivity index (χ1) is 6.77. The lowest BCUT2D eigenvalue weighted by atomic mass is 10.2. The van der Waals surface area contributed by atoms with Gasteiger partial charge in [-0.2, -0.15) is 12.6 Å². The zero-order valence-electron chi connectivity index (χ0n) is 8.71. The Morgan fingerprint density at radius 1 is 1.43 bits per heavy atom. The first-order valence-electron chi connectivity index (χ1n) is 4.86. The Kier molecular flexibility index (Phi) is 4.66. The van der Waals surface area contributed by atoms with Gasteiger partial charge < -0.3 is 10.1 Å². The maximum absolute atomic E-state index is 5.50. The van der Waals surface area contributed by atoms with Gasteiger partial charge in [-0.15, -0.1) is 0 Å². The molecule has 0 aliphatic rings. The first-order valence-corrected chi connectivity index (χ1v) is 5.49. The van der Waals surface area contributed by atoms with Crippen molar-refractivity contribution in [1.29, 1.82) is 0 Å². The minimum Gasteiger partial charge on any atom is -0.492 e. The molecule has 78 valence electrons. The summed E-state index contributed by atoms with van der Waals surface area (Å²) in [6.45, 7) is 5.61. The van der Waals surface area contributed by atoms with Crippen molar-refractivity contribution in [3.63, 3.8) is 0 Å². The van der Waals surface area contributed by atoms with E-state index in [2.05, 4.69) is 37.0 Å². The van der Waals surface area contributed by atoms with Gasteiger partial charge in [-0.3, -0.25) is 0 Å². The minimum atomic E-state index is 0.693. The van der Waals surface area contributed by atoms with E-state index in [1.807, 2.05) is 13.0 Å². The zero-order valence-corrected chi connectivity index (χ0v) is 9.60. The number of anilines is 1. The van der Waals surface area contributed by atoms with Gasteiger partial charge in [0.1, 0.15) is 5.75 Å². The van der Waals surface area contributed by atoms with E-state index in [1.54, 1.807) is 0 Å². The molecule has 0 bridgehead atoms. The normalized spacial score (nSPS) is 9.93. The highest BCUT2D eigenvalue weighted by atomic mass is 32.1. The molecule has 0 radical (unpaired) electrons. The van der Waals surface area contributed by atoms with Crippen LogP contribution in [0.1, 0.15) is 12.5 Å². The Morgan fingerprint density at radius 2 is 2.21 bits per heavy atom. The molecule has 1 N–H and O–H groups in total. The van der Waals surface area contributed by atoms with Crippen LogP contribution < -0.4 is 10.1 Å². The number of nitrogens with one attached hydrogen (secondary N) is 1. The van der Waals surface area contributed by atoms with Crippen molar-refractivity contribution in [2.24, 2.45) is 0 Å². The standard InChI is InChI=1S/C11H17NOS/c1-3-13-11-5-4-9(2)8-10(11)12-6-7-14/h4-5,8,12,14H,3,6-7H2,1-2H3. The van der Waals surface area contributed by atoms with E-state index >= 15 is 0 Å². The SMILES string of the molecule is CCOc1ccc(C)cc1NCCS. The van der Waals surface area contributed by atoms with Gasteiger partial charge in [0.15, 0.2) is 0 Å². The third-order valence-corrected chi connectivity index (χ3v) is 2.09. The molecule has 0 aromatic heterocycles. The van der Waals surface area contributed by atoms with Gasteiger partial charge in [0.2, 0.25) is 0 Å². The van der Waals surface area contributed by atoms with E-state index in [-0.39, 0.29) is 0 Å². The van der Waals surface area contributed by atoms with Gasteiger partial charge in [0, 0.05) is 12.3 Å². The molecule has 1 rings (SSSR count). The number of ether oxygens (including phenoxy) is 1. The smallest absolute Gasteiger partial charge is 0.142 e. The van der Waals surface area contributed by atoms with Crippen LogP contribution in [0.4, 0.5) is 5.69 Å². The van der Waals surface area contributed by atoms with Crippen LogP contribution in [0.5, 0.6) is 5.75 Å². The Labute approximate surface area is 91.1 Å². The molecule has 0 aliphatic heterocycles. The minimum absolute atomic E-state index is 0.693. The molecule has 0 heterocycles. The van der Waals surface area contributed by atoms with Crippen molar-refractivity contribution >= 4 is 18.3 Å². The van der Waals surface area contributed by atoms with Crippen molar-refractivity contribution in [3.05, 3.63) is 23.8 Å². The maximum Gasteiger partial charge on any atom is 0.142 e. The van der Waals surface area contributed by atoms with Crippen LogP contribution in [0.3, 0.4) is 0 Å². The average Bonchev–Trinajstić information content (AvgIpc) is 2.18. The predicted molar refractivity (Wildman–Crippen MR) is 64.7 cm³/mol. The first kappa shape index (κ1) is 11.2. The number of rotatable bonds is 5. The van der Waals surface area contributed by atoms with Crippen LogP contribution in [0, 0.1) is 6.92 Å². The van der Waals surface area contributed by atoms with E-state index < -0.39 is 0 Å². The predicted octanol–water partition coefficient (Wildman–Crippen LogP) is 2.74. The van der Waals surface area contributed by atoms with Crippen molar-refractivity contribution in [1.82, 2.24) is 0 Å². The molecule has 1 aromatic rings. The summed E-state index contributed by atoms with van der Waals surface area (Å²) in [4.78, 5) is 0. The quantitative estimate of drug-likeness (QED) is 0.731. The Balaban J connectivity index is 2.79. The molecule has 0 aliphatic carbocycles. The van der Waals surface area contributed by atoms with E-state index in [4.69, 9.17) is 4.74 Å². The molecule has 0 atom stereocenters. The van der Waals surface area contributed by atoms with Crippen molar-refractivity contribution in [3.8, 4) is 5.75 Å². The summed E-state index contributed by atoms with van der Waals surface area (Å²) in [6, 6.07) is 6.14. The third-order valence-electron chi connectivity index (χ3n) is 1.86. The number of thiol groups is 1. The fraction of sp³-hybridized carbons (Fsp3) is 0.455. The second kappa shape index (κ2) is 5.81. The molecular weight excluding hydrogens is 194 g/mol. The largest absolute Gasteiger partial charge is 0.492 e. The van der Waals surface area contributed by atoms with Crippen LogP contribution in [-0.2, 0) is 0 Å². The summed E-state index contributed by atoms with van der Waals surface area (Å²) in [5.74, 6) is 1.74. The highest BCUT2D eigenvalue weighted by Crippen LogP contribution is 2.25. The second-order valence-electron chi connectivity index (χ2n) is 3.08. The van der Waals surface area contributed by atoms with Crippen LogP contribution in [0.15, 0.2) is 18.2 Å². The van der Waals surface area contributed by atoms with Gasteiger partial charge in [-0.05, 0) is 31.5 Å². The van der Waals surface area contributed by atoms with Crippen LogP contribution in [-0.4, -0.2) is 18.9 Å². The highest BCUT2D eigenvalue weighted by molar-refractivity contribution is 7.80. The molecule has 0 fully saturated rings. The number of aryl methyl sites for hydroxylation is 1. The molecule has 1 aromatic carbocycles. The van der Waals surface area contributed by atoms with Gasteiger partial charge in [0.05, 0.1) is 12.3 Å². The van der Waals surface area contributed by atoms with E-state index in [0.717, 1.165) is 23.7 Å². The van der Waals surface area contributed by atoms with Crippen LogP contribution >= 0.6 is 12.6 Å². The lowest BCUT2D eigenvalue weighted by Crippen LogP contribution is -2.05. The Bertz CT molecular complexity index is 289. The molecular formula is C11H17NOS. The Hall–Kier alpha value is -0.830. The molecule has 14 heavy (non-hydrogen) atoms. The molecule has 0 amide bonds. The average molecular weight is 211 g/mol. The fourth-order valence-corrected chi connectivity index (χ4v) is 1.37. The van der Waals surface area contributed by atoms with Crippen molar-refractivity contribution in [2.75, 3.05) is 24.2 Å². The maximum atomic E-state index is 5.50. The number of hydrogen-bond donors (Lipinski definition) is 2. The molecule has 0 unspecified atom stereocenters. The third kappa shape index (κ3) is 3.14. The monoisotopic (exact) mass is 211 g/mol. The van der Waals surface area contributed by atoms with Gasteiger partial charge in [-0.25, -0.2) is 0 Å². The summed E-state index contributed by atoms with van der Waals surface area (Å²) in [5.41, 5.74) is 2.29. The van der Waals surface area contributed by atoms with E-state index in [0.29, 0.717) is 6.61 Å². The summed E-state index contributed by atoms with van der Waals surface area (Å²) >= 11 is 4.16. The van der Waals surface area contributed by atoms with Crippen LogP contribution in [0.25, 0.3) is 0 Å². The Morgan fingerprint density at radius 3 is 2.86 bits per heavy atom. The fourth-order valence-electron chi connectivity index (χ4n) is 1.25. The lowest BCUT2D eigenvalue weighted by Gasteiger charge is -2.12. The van der Waals surface area contributed by atoms with Gasteiger partial charge in [0.25, 0.3) is 0 Å². The molecule has 0 spiro atoms. The summed E-state index contributed by atoms with van der Waals surface area (Å²) in [6.07, 6.45) is 0. The molecule has 0 saturated heterocycles. The molecule has 2 nitrogen and oxygen atoms in total. The lowest BCUT2D eigenvalue weighted by molar-refractivity contribution is 0.341. The highest BCUT2D eigenvalue weighted by Gasteiger charge is 2.01. The van der Waals surface area contributed by atoms with Gasteiger partial charge in [-0.1, -0.05) is 6.07 Å². The molecule has 0 saturated carbocycles. The molecule has 3 heteroatoms. The van der Waals surface area contributed by atoms with Crippen LogP contribution in [0.2, 0.25) is 0 Å².